The van der Waals surface area contributed by atoms with Crippen molar-refractivity contribution >= 4 is 51.9 Å². The van der Waals surface area contributed by atoms with Crippen molar-refractivity contribution in [2.75, 3.05) is 30.8 Å². The number of anilines is 2. The number of aromatic nitrogens is 2. The molecule has 0 spiro atoms. The summed E-state index contributed by atoms with van der Waals surface area (Å²) in [5, 5.41) is 9.45. The molecule has 44 heavy (non-hydrogen) atoms. The van der Waals surface area contributed by atoms with Gasteiger partial charge in [-0.2, -0.15) is 0 Å². The maximum absolute atomic E-state index is 13.0. The molecule has 2 fully saturated rings. The molecule has 12 nitrogen and oxygen atoms in total. The Morgan fingerprint density at radius 3 is 2.59 bits per heavy atom. The third-order valence-electron chi connectivity index (χ3n) is 8.77. The van der Waals surface area contributed by atoms with E-state index in [0.29, 0.717) is 30.5 Å². The van der Waals surface area contributed by atoms with E-state index in [2.05, 4.69) is 43.9 Å². The average molecular weight is 600 g/mol. The predicted octanol–water partition coefficient (Wildman–Crippen LogP) is 3.73. The van der Waals surface area contributed by atoms with Crippen molar-refractivity contribution in [2.45, 2.75) is 69.9 Å². The summed E-state index contributed by atoms with van der Waals surface area (Å²) >= 11 is 0. The number of aromatic amines is 1. The van der Waals surface area contributed by atoms with Crippen molar-refractivity contribution in [3.63, 3.8) is 0 Å². The fraction of sp³-hybridized carbons (Fsp3) is 0.438. The van der Waals surface area contributed by atoms with E-state index in [0.717, 1.165) is 54.5 Å². The minimum atomic E-state index is -0.977. The molecule has 5 amide bonds. The first-order chi connectivity index (χ1) is 21.3. The van der Waals surface area contributed by atoms with Crippen LogP contribution in [0.5, 0.6) is 0 Å². The van der Waals surface area contributed by atoms with E-state index in [1.165, 1.54) is 12.1 Å². The van der Waals surface area contributed by atoms with Gasteiger partial charge >= 0.3 is 0 Å². The summed E-state index contributed by atoms with van der Waals surface area (Å²) in [7, 11) is 2.15. The second-order valence-electron chi connectivity index (χ2n) is 11.9. The molecule has 2 aromatic heterocycles. The summed E-state index contributed by atoms with van der Waals surface area (Å²) in [6.07, 6.45) is 8.23. The van der Waals surface area contributed by atoms with Gasteiger partial charge in [0.15, 0.2) is 0 Å². The van der Waals surface area contributed by atoms with Crippen LogP contribution in [0.25, 0.3) is 10.9 Å². The number of hydrogen-bond acceptors (Lipinski definition) is 8. The van der Waals surface area contributed by atoms with Gasteiger partial charge in [0.2, 0.25) is 17.7 Å². The first-order valence-electron chi connectivity index (χ1n) is 15.4. The van der Waals surface area contributed by atoms with Gasteiger partial charge in [-0.3, -0.25) is 39.1 Å². The third kappa shape index (κ3) is 6.07. The predicted molar refractivity (Wildman–Crippen MR) is 164 cm³/mol. The highest BCUT2D eigenvalue weighted by molar-refractivity contribution is 6.23. The molecule has 0 aliphatic carbocycles. The molecule has 5 heterocycles. The lowest BCUT2D eigenvalue weighted by Gasteiger charge is -2.27. The molecule has 0 radical (unpaired) electrons. The SMILES string of the molecule is CN1CCC[C@@H]1c1cc2cnc(NC(=O)CCCCCCNc3ccc4c(c3)C(=O)N(C3CCC(=O)NC3=O)C4=O)cc2[nH]1. The van der Waals surface area contributed by atoms with Gasteiger partial charge in [0, 0.05) is 54.5 Å². The van der Waals surface area contributed by atoms with Crippen molar-refractivity contribution in [3.8, 4) is 0 Å². The van der Waals surface area contributed by atoms with Gasteiger partial charge in [0.05, 0.1) is 16.6 Å². The Bertz CT molecular complexity index is 1630. The Hall–Kier alpha value is -4.58. The minimum Gasteiger partial charge on any atom is -0.385 e. The largest absolute Gasteiger partial charge is 0.385 e. The number of pyridine rings is 1. The molecule has 2 atom stereocenters. The van der Waals surface area contributed by atoms with Crippen LogP contribution in [0, 0.1) is 0 Å². The highest BCUT2D eigenvalue weighted by Crippen LogP contribution is 2.32. The summed E-state index contributed by atoms with van der Waals surface area (Å²) in [5.41, 5.74) is 3.39. The smallest absolute Gasteiger partial charge is 0.262 e. The molecule has 3 aliphatic rings. The number of fused-ring (bicyclic) bond motifs is 2. The quantitative estimate of drug-likeness (QED) is 0.192. The van der Waals surface area contributed by atoms with E-state index < -0.39 is 29.7 Å². The number of imide groups is 2. The molecular formula is C32H37N7O5. The van der Waals surface area contributed by atoms with Crippen LogP contribution >= 0.6 is 0 Å². The molecule has 3 aromatic rings. The van der Waals surface area contributed by atoms with E-state index in [9.17, 15) is 24.0 Å². The molecular weight excluding hydrogens is 562 g/mol. The fourth-order valence-corrected chi connectivity index (χ4v) is 6.38. The highest BCUT2D eigenvalue weighted by atomic mass is 16.2. The van der Waals surface area contributed by atoms with Gasteiger partial charge in [0.25, 0.3) is 11.8 Å². The lowest BCUT2D eigenvalue weighted by atomic mass is 10.0. The number of nitrogens with one attached hydrogen (secondary N) is 4. The molecule has 230 valence electrons. The monoisotopic (exact) mass is 599 g/mol. The summed E-state index contributed by atoms with van der Waals surface area (Å²) < 4.78 is 0. The number of unbranched alkanes of at least 4 members (excludes halogenated alkanes) is 3. The topological polar surface area (TPSA) is 157 Å². The Morgan fingerprint density at radius 1 is 0.977 bits per heavy atom. The molecule has 4 N–H and O–H groups in total. The van der Waals surface area contributed by atoms with Gasteiger partial charge < -0.3 is 15.6 Å². The zero-order valence-corrected chi connectivity index (χ0v) is 24.8. The summed E-state index contributed by atoms with van der Waals surface area (Å²) in [6.45, 7) is 1.77. The molecule has 0 bridgehead atoms. The number of nitrogens with zero attached hydrogens (tertiary/aromatic N) is 3. The number of amides is 5. The Morgan fingerprint density at radius 2 is 1.80 bits per heavy atom. The number of carbonyl (C=O) groups excluding carboxylic acids is 5. The van der Waals surface area contributed by atoms with Gasteiger partial charge in [-0.15, -0.1) is 0 Å². The third-order valence-corrected chi connectivity index (χ3v) is 8.77. The highest BCUT2D eigenvalue weighted by Gasteiger charge is 2.44. The van der Waals surface area contributed by atoms with Gasteiger partial charge in [0.1, 0.15) is 11.9 Å². The van der Waals surface area contributed by atoms with Crippen molar-refractivity contribution < 1.29 is 24.0 Å². The van der Waals surface area contributed by atoms with Gasteiger partial charge in [-0.1, -0.05) is 12.8 Å². The zero-order chi connectivity index (χ0) is 30.8. The number of benzene rings is 1. The number of hydrogen-bond donors (Lipinski definition) is 4. The Labute approximate surface area is 254 Å². The molecule has 6 rings (SSSR count). The van der Waals surface area contributed by atoms with E-state index in [-0.39, 0.29) is 29.9 Å². The first kappa shape index (κ1) is 29.5. The molecule has 12 heteroatoms. The van der Waals surface area contributed by atoms with Crippen LogP contribution in [-0.4, -0.2) is 75.5 Å². The second kappa shape index (κ2) is 12.6. The first-order valence-corrected chi connectivity index (χ1v) is 15.4. The van der Waals surface area contributed by atoms with Crippen LogP contribution in [0.3, 0.4) is 0 Å². The van der Waals surface area contributed by atoms with E-state index in [4.69, 9.17) is 0 Å². The summed E-state index contributed by atoms with van der Waals surface area (Å²) in [4.78, 5) is 73.3. The van der Waals surface area contributed by atoms with Crippen molar-refractivity contribution in [1.29, 1.82) is 0 Å². The number of rotatable bonds is 11. The van der Waals surface area contributed by atoms with Crippen molar-refractivity contribution in [3.05, 3.63) is 53.3 Å². The van der Waals surface area contributed by atoms with Crippen LogP contribution in [0.15, 0.2) is 36.5 Å². The standard InChI is InChI=1S/C32H37N7O5/c1-38-14-6-7-25(38)24-15-19-18-34-27(17-23(19)35-24)36-28(40)8-4-2-3-5-13-33-20-9-10-21-22(16-20)32(44)39(31(21)43)26-11-12-29(41)37-30(26)42/h9-10,15-18,25-26,33,35H,2-8,11-14H2,1H3,(H,34,36,40)(H,37,41,42)/t25-,26?/m1/s1. The number of H-pyrrole nitrogens is 1. The average Bonchev–Trinajstić information content (AvgIpc) is 3.68. The van der Waals surface area contributed by atoms with Crippen LogP contribution in [0.4, 0.5) is 11.5 Å². The number of likely N-dealkylation sites (tertiary alicyclic amines) is 1. The van der Waals surface area contributed by atoms with Crippen molar-refractivity contribution in [1.82, 2.24) is 25.1 Å². The lowest BCUT2D eigenvalue weighted by Crippen LogP contribution is -2.54. The summed E-state index contributed by atoms with van der Waals surface area (Å²) in [6, 6.07) is 8.45. The molecule has 1 aromatic carbocycles. The van der Waals surface area contributed by atoms with E-state index in [1.807, 2.05) is 6.07 Å². The molecule has 2 saturated heterocycles. The van der Waals surface area contributed by atoms with Crippen LogP contribution in [-0.2, 0) is 14.4 Å². The van der Waals surface area contributed by atoms with Gasteiger partial charge in [-0.05, 0) is 70.0 Å². The van der Waals surface area contributed by atoms with Crippen LogP contribution in [0.2, 0.25) is 0 Å². The summed E-state index contributed by atoms with van der Waals surface area (Å²) in [5.74, 6) is -1.57. The minimum absolute atomic E-state index is 0.0546. The Kier molecular flexibility index (Phi) is 8.42. The maximum Gasteiger partial charge on any atom is 0.262 e. The second-order valence-corrected chi connectivity index (χ2v) is 11.9. The van der Waals surface area contributed by atoms with Crippen LogP contribution in [0.1, 0.15) is 90.2 Å². The lowest BCUT2D eigenvalue weighted by molar-refractivity contribution is -0.136. The van der Waals surface area contributed by atoms with E-state index in [1.54, 1.807) is 24.4 Å². The molecule has 0 saturated carbocycles. The normalized spacial score (nSPS) is 20.3. The molecule has 3 aliphatic heterocycles. The maximum atomic E-state index is 13.0. The zero-order valence-electron chi connectivity index (χ0n) is 24.8. The fourth-order valence-electron chi connectivity index (χ4n) is 6.38. The number of carbonyl (C=O) groups is 5. The Balaban J connectivity index is 0.910. The van der Waals surface area contributed by atoms with Crippen molar-refractivity contribution in [2.24, 2.45) is 0 Å². The molecule has 1 unspecified atom stereocenters. The van der Waals surface area contributed by atoms with Crippen LogP contribution < -0.4 is 16.0 Å². The van der Waals surface area contributed by atoms with E-state index >= 15 is 0 Å². The van der Waals surface area contributed by atoms with Gasteiger partial charge in [-0.25, -0.2) is 4.98 Å². The number of piperidine rings is 1.